The summed E-state index contributed by atoms with van der Waals surface area (Å²) < 4.78 is 0. The fourth-order valence-corrected chi connectivity index (χ4v) is 3.29. The van der Waals surface area contributed by atoms with E-state index in [1.807, 2.05) is 48.5 Å². The third-order valence-electron chi connectivity index (χ3n) is 4.81. The Balaban J connectivity index is 1.74. The highest BCUT2D eigenvalue weighted by Gasteiger charge is 2.27. The van der Waals surface area contributed by atoms with Crippen LogP contribution < -0.4 is 5.32 Å². The Labute approximate surface area is 143 Å². The minimum absolute atomic E-state index is 0.0997. The molecule has 0 aliphatic carbocycles. The van der Waals surface area contributed by atoms with Crippen molar-refractivity contribution in [2.45, 2.75) is 25.8 Å². The Morgan fingerprint density at radius 2 is 1.88 bits per heavy atom. The summed E-state index contributed by atoms with van der Waals surface area (Å²) in [5.41, 5.74) is 1.94. The van der Waals surface area contributed by atoms with Crippen LogP contribution in [0.3, 0.4) is 0 Å². The first-order valence-corrected chi connectivity index (χ1v) is 8.76. The van der Waals surface area contributed by atoms with Crippen LogP contribution in [0.5, 0.6) is 0 Å². The Morgan fingerprint density at radius 3 is 2.50 bits per heavy atom. The molecule has 1 aromatic heterocycles. The number of benzene rings is 1. The Hall–Kier alpha value is -2.20. The van der Waals surface area contributed by atoms with E-state index in [-0.39, 0.29) is 17.9 Å². The van der Waals surface area contributed by atoms with Crippen molar-refractivity contribution >= 4 is 5.91 Å². The quantitative estimate of drug-likeness (QED) is 0.920. The lowest BCUT2D eigenvalue weighted by Gasteiger charge is -2.31. The lowest BCUT2D eigenvalue weighted by atomic mass is 9.94. The lowest BCUT2D eigenvalue weighted by molar-refractivity contribution is -0.127. The molecule has 0 bridgehead atoms. The number of hydrogen-bond acceptors (Lipinski definition) is 3. The number of carbonyl (C=O) groups excluding carboxylic acids is 1. The van der Waals surface area contributed by atoms with Crippen LogP contribution in [-0.4, -0.2) is 35.4 Å². The molecule has 126 valence electrons. The van der Waals surface area contributed by atoms with Crippen LogP contribution in [0, 0.1) is 5.92 Å². The first-order chi connectivity index (χ1) is 11.8. The molecule has 2 heterocycles. The number of likely N-dealkylation sites (tertiary alicyclic amines) is 1. The molecule has 0 saturated carbocycles. The van der Waals surface area contributed by atoms with E-state index in [1.165, 1.54) is 0 Å². The minimum atomic E-state index is -0.191. The molecular weight excluding hydrogens is 298 g/mol. The first-order valence-electron chi connectivity index (χ1n) is 8.76. The molecule has 1 atom stereocenters. The van der Waals surface area contributed by atoms with E-state index in [0.29, 0.717) is 0 Å². The van der Waals surface area contributed by atoms with Gasteiger partial charge in [-0.15, -0.1) is 0 Å². The van der Waals surface area contributed by atoms with E-state index < -0.39 is 0 Å². The SMILES string of the molecule is CCN1CCC(C(=O)NC(c2ccccc2)c2ccccn2)CC1. The second-order valence-electron chi connectivity index (χ2n) is 6.32. The summed E-state index contributed by atoms with van der Waals surface area (Å²) in [4.78, 5) is 19.6. The maximum Gasteiger partial charge on any atom is 0.224 e. The van der Waals surface area contributed by atoms with Gasteiger partial charge in [-0.05, 0) is 50.2 Å². The van der Waals surface area contributed by atoms with Crippen LogP contribution in [0.1, 0.15) is 37.1 Å². The molecule has 1 saturated heterocycles. The number of piperidine rings is 1. The summed E-state index contributed by atoms with van der Waals surface area (Å²) in [7, 11) is 0. The van der Waals surface area contributed by atoms with Crippen LogP contribution >= 0.6 is 0 Å². The Kier molecular flexibility index (Phi) is 5.59. The smallest absolute Gasteiger partial charge is 0.224 e. The van der Waals surface area contributed by atoms with E-state index in [2.05, 4.69) is 22.1 Å². The van der Waals surface area contributed by atoms with Crippen molar-refractivity contribution in [3.05, 3.63) is 66.0 Å². The average Bonchev–Trinajstić information content (AvgIpc) is 2.67. The van der Waals surface area contributed by atoms with Gasteiger partial charge >= 0.3 is 0 Å². The standard InChI is InChI=1S/C20H25N3O/c1-2-23-14-11-17(12-15-23)20(24)22-19(16-8-4-3-5-9-16)18-10-6-7-13-21-18/h3-10,13,17,19H,2,11-12,14-15H2,1H3,(H,22,24). The molecule has 0 radical (unpaired) electrons. The number of nitrogens with zero attached hydrogens (tertiary/aromatic N) is 2. The normalized spacial score (nSPS) is 17.4. The van der Waals surface area contributed by atoms with Crippen LogP contribution in [0.15, 0.2) is 54.7 Å². The van der Waals surface area contributed by atoms with Crippen LogP contribution in [0.2, 0.25) is 0 Å². The third kappa shape index (κ3) is 4.01. The zero-order valence-corrected chi connectivity index (χ0v) is 14.2. The second kappa shape index (κ2) is 8.06. The summed E-state index contributed by atoms with van der Waals surface area (Å²) in [6.07, 6.45) is 3.64. The van der Waals surface area contributed by atoms with E-state index in [1.54, 1.807) is 6.20 Å². The molecule has 3 rings (SSSR count). The molecule has 24 heavy (non-hydrogen) atoms. The van der Waals surface area contributed by atoms with Gasteiger partial charge < -0.3 is 10.2 Å². The number of carbonyl (C=O) groups is 1. The maximum absolute atomic E-state index is 12.8. The molecule has 1 unspecified atom stereocenters. The number of nitrogens with one attached hydrogen (secondary N) is 1. The molecule has 1 aliphatic rings. The van der Waals surface area contributed by atoms with Crippen molar-refractivity contribution in [2.24, 2.45) is 5.92 Å². The van der Waals surface area contributed by atoms with Gasteiger partial charge in [0.25, 0.3) is 0 Å². The molecule has 4 heteroatoms. The summed E-state index contributed by atoms with van der Waals surface area (Å²) in [6, 6.07) is 15.7. The molecule has 2 aromatic rings. The topological polar surface area (TPSA) is 45.2 Å². The summed E-state index contributed by atoms with van der Waals surface area (Å²) in [5.74, 6) is 0.244. The van der Waals surface area contributed by atoms with Crippen LogP contribution in [0.25, 0.3) is 0 Å². The van der Waals surface area contributed by atoms with E-state index in [9.17, 15) is 4.79 Å². The van der Waals surface area contributed by atoms with Crippen LogP contribution in [-0.2, 0) is 4.79 Å². The van der Waals surface area contributed by atoms with Gasteiger partial charge in [-0.2, -0.15) is 0 Å². The number of rotatable bonds is 5. The molecule has 4 nitrogen and oxygen atoms in total. The summed E-state index contributed by atoms with van der Waals surface area (Å²) in [5, 5.41) is 3.23. The fourth-order valence-electron chi connectivity index (χ4n) is 3.29. The van der Waals surface area contributed by atoms with Crippen molar-refractivity contribution in [1.82, 2.24) is 15.2 Å². The van der Waals surface area contributed by atoms with Gasteiger partial charge in [0, 0.05) is 12.1 Å². The van der Waals surface area contributed by atoms with Crippen LogP contribution in [0.4, 0.5) is 0 Å². The highest BCUT2D eigenvalue weighted by Crippen LogP contribution is 2.23. The van der Waals surface area contributed by atoms with Gasteiger partial charge in [0.15, 0.2) is 0 Å². The predicted octanol–water partition coefficient (Wildman–Crippen LogP) is 3.02. The largest absolute Gasteiger partial charge is 0.343 e. The molecular formula is C20H25N3O. The maximum atomic E-state index is 12.8. The average molecular weight is 323 g/mol. The lowest BCUT2D eigenvalue weighted by Crippen LogP contribution is -2.41. The van der Waals surface area contributed by atoms with Gasteiger partial charge in [-0.25, -0.2) is 0 Å². The van der Waals surface area contributed by atoms with E-state index >= 15 is 0 Å². The number of aromatic nitrogens is 1. The van der Waals surface area contributed by atoms with Crippen molar-refractivity contribution in [3.8, 4) is 0 Å². The molecule has 1 aliphatic heterocycles. The first kappa shape index (κ1) is 16.7. The van der Waals surface area contributed by atoms with E-state index in [0.717, 1.165) is 43.7 Å². The Bertz CT molecular complexity index is 597. The summed E-state index contributed by atoms with van der Waals surface area (Å²) >= 11 is 0. The molecule has 1 aromatic carbocycles. The molecule has 0 spiro atoms. The molecule has 1 N–H and O–H groups in total. The summed E-state index contributed by atoms with van der Waals surface area (Å²) in [6.45, 7) is 5.25. The second-order valence-corrected chi connectivity index (χ2v) is 6.32. The predicted molar refractivity (Wildman–Crippen MR) is 95.5 cm³/mol. The molecule has 1 fully saturated rings. The zero-order valence-electron chi connectivity index (χ0n) is 14.2. The van der Waals surface area contributed by atoms with Crippen molar-refractivity contribution in [2.75, 3.05) is 19.6 Å². The van der Waals surface area contributed by atoms with Crippen molar-refractivity contribution < 1.29 is 4.79 Å². The monoisotopic (exact) mass is 323 g/mol. The fraction of sp³-hybridized carbons (Fsp3) is 0.400. The third-order valence-corrected chi connectivity index (χ3v) is 4.81. The van der Waals surface area contributed by atoms with Gasteiger partial charge in [0.05, 0.1) is 11.7 Å². The van der Waals surface area contributed by atoms with Gasteiger partial charge in [-0.3, -0.25) is 9.78 Å². The van der Waals surface area contributed by atoms with Gasteiger partial charge in [-0.1, -0.05) is 43.3 Å². The van der Waals surface area contributed by atoms with Gasteiger partial charge in [0.1, 0.15) is 0 Å². The number of amides is 1. The highest BCUT2D eigenvalue weighted by molar-refractivity contribution is 5.79. The van der Waals surface area contributed by atoms with E-state index in [4.69, 9.17) is 0 Å². The Morgan fingerprint density at radius 1 is 1.17 bits per heavy atom. The van der Waals surface area contributed by atoms with Crippen molar-refractivity contribution in [3.63, 3.8) is 0 Å². The van der Waals surface area contributed by atoms with Gasteiger partial charge in [0.2, 0.25) is 5.91 Å². The number of pyridine rings is 1. The van der Waals surface area contributed by atoms with Crippen molar-refractivity contribution in [1.29, 1.82) is 0 Å². The highest BCUT2D eigenvalue weighted by atomic mass is 16.2. The zero-order chi connectivity index (χ0) is 16.8. The number of hydrogen-bond donors (Lipinski definition) is 1. The molecule has 1 amide bonds. The minimum Gasteiger partial charge on any atom is -0.343 e.